The minimum absolute atomic E-state index is 0.280. The lowest BCUT2D eigenvalue weighted by Gasteiger charge is -2.10. The van der Waals surface area contributed by atoms with E-state index in [2.05, 4.69) is 5.32 Å². The number of halogens is 2. The summed E-state index contributed by atoms with van der Waals surface area (Å²) in [5.41, 5.74) is 8.31. The van der Waals surface area contributed by atoms with Crippen molar-refractivity contribution in [2.24, 2.45) is 0 Å². The molecule has 0 aliphatic rings. The van der Waals surface area contributed by atoms with E-state index >= 15 is 0 Å². The Morgan fingerprint density at radius 1 is 1.16 bits per heavy atom. The number of hydrogen-bond donors (Lipinski definition) is 2. The number of nitrogen functional groups attached to an aromatic ring is 1. The van der Waals surface area contributed by atoms with Gasteiger partial charge in [-0.2, -0.15) is 0 Å². The van der Waals surface area contributed by atoms with Gasteiger partial charge in [0, 0.05) is 27.0 Å². The molecule has 98 valence electrons. The van der Waals surface area contributed by atoms with Crippen LogP contribution in [0.1, 0.15) is 15.9 Å². The van der Waals surface area contributed by atoms with Crippen molar-refractivity contribution in [1.82, 2.24) is 0 Å². The van der Waals surface area contributed by atoms with Gasteiger partial charge in [0.2, 0.25) is 0 Å². The summed E-state index contributed by atoms with van der Waals surface area (Å²) in [5.74, 6) is -0.280. The number of carbonyl (C=O) groups excluding carboxylic acids is 1. The minimum atomic E-state index is -0.280. The molecule has 5 heteroatoms. The quantitative estimate of drug-likeness (QED) is 0.818. The van der Waals surface area contributed by atoms with E-state index in [0.717, 1.165) is 5.56 Å². The van der Waals surface area contributed by atoms with E-state index in [0.29, 0.717) is 27.0 Å². The van der Waals surface area contributed by atoms with Gasteiger partial charge >= 0.3 is 0 Å². The average molecular weight is 295 g/mol. The third-order valence-electron chi connectivity index (χ3n) is 2.75. The highest BCUT2D eigenvalue weighted by atomic mass is 35.5. The number of carbonyl (C=O) groups is 1. The molecule has 0 aliphatic carbocycles. The first-order valence-electron chi connectivity index (χ1n) is 5.60. The molecule has 1 amide bonds. The summed E-state index contributed by atoms with van der Waals surface area (Å²) in [6, 6.07) is 10.0. The number of benzene rings is 2. The highest BCUT2D eigenvalue weighted by molar-refractivity contribution is 6.35. The molecule has 19 heavy (non-hydrogen) atoms. The predicted molar refractivity (Wildman–Crippen MR) is 80.0 cm³/mol. The molecule has 2 aromatic rings. The van der Waals surface area contributed by atoms with Crippen LogP contribution in [0.15, 0.2) is 36.4 Å². The first-order chi connectivity index (χ1) is 8.97. The molecule has 0 bridgehead atoms. The molecule has 3 nitrogen and oxygen atoms in total. The molecule has 0 heterocycles. The molecule has 0 fully saturated rings. The number of rotatable bonds is 2. The van der Waals surface area contributed by atoms with Gasteiger partial charge in [0.05, 0.1) is 0 Å². The molecule has 0 unspecified atom stereocenters. The van der Waals surface area contributed by atoms with E-state index in [4.69, 9.17) is 28.9 Å². The van der Waals surface area contributed by atoms with E-state index in [1.807, 2.05) is 6.92 Å². The molecule has 0 radical (unpaired) electrons. The van der Waals surface area contributed by atoms with Crippen molar-refractivity contribution in [3.05, 3.63) is 57.6 Å². The van der Waals surface area contributed by atoms with Crippen molar-refractivity contribution in [3.63, 3.8) is 0 Å². The maximum Gasteiger partial charge on any atom is 0.255 e. The third kappa shape index (κ3) is 3.19. The fourth-order valence-electron chi connectivity index (χ4n) is 1.67. The second-order valence-electron chi connectivity index (χ2n) is 4.13. The second-order valence-corrected chi connectivity index (χ2v) is 5.00. The monoisotopic (exact) mass is 294 g/mol. The zero-order valence-corrected chi connectivity index (χ0v) is 11.7. The molecule has 2 rings (SSSR count). The predicted octanol–water partition coefficient (Wildman–Crippen LogP) is 4.14. The van der Waals surface area contributed by atoms with Gasteiger partial charge in [-0.15, -0.1) is 0 Å². The van der Waals surface area contributed by atoms with Crippen LogP contribution in [0, 0.1) is 6.92 Å². The van der Waals surface area contributed by atoms with E-state index in [1.165, 1.54) is 0 Å². The first-order valence-corrected chi connectivity index (χ1v) is 6.35. The molecule has 0 aromatic heterocycles. The Morgan fingerprint density at radius 2 is 1.79 bits per heavy atom. The molecule has 0 saturated carbocycles. The molecule has 0 atom stereocenters. The van der Waals surface area contributed by atoms with Crippen molar-refractivity contribution in [1.29, 1.82) is 0 Å². The highest BCUT2D eigenvalue weighted by Crippen LogP contribution is 2.23. The van der Waals surface area contributed by atoms with Gasteiger partial charge in [-0.3, -0.25) is 4.79 Å². The fraction of sp³-hybridized carbons (Fsp3) is 0.0714. The molecule has 0 aliphatic heterocycles. The second kappa shape index (κ2) is 5.51. The van der Waals surface area contributed by atoms with Gasteiger partial charge in [0.15, 0.2) is 0 Å². The van der Waals surface area contributed by atoms with Crippen LogP contribution in [0.2, 0.25) is 10.0 Å². The van der Waals surface area contributed by atoms with Gasteiger partial charge in [-0.25, -0.2) is 0 Å². The highest BCUT2D eigenvalue weighted by Gasteiger charge is 2.10. The van der Waals surface area contributed by atoms with Gasteiger partial charge in [-0.1, -0.05) is 29.3 Å². The van der Waals surface area contributed by atoms with Gasteiger partial charge in [0.1, 0.15) is 0 Å². The summed E-state index contributed by atoms with van der Waals surface area (Å²) < 4.78 is 0. The van der Waals surface area contributed by atoms with E-state index in [9.17, 15) is 4.79 Å². The SMILES string of the molecule is Cc1c(N)cccc1NC(=O)c1cc(Cl)cc(Cl)c1. The number of amides is 1. The summed E-state index contributed by atoms with van der Waals surface area (Å²) >= 11 is 11.7. The Morgan fingerprint density at radius 3 is 2.42 bits per heavy atom. The van der Waals surface area contributed by atoms with Gasteiger partial charge in [0.25, 0.3) is 5.91 Å². The Kier molecular flexibility index (Phi) is 3.98. The van der Waals surface area contributed by atoms with Crippen LogP contribution in [-0.4, -0.2) is 5.91 Å². The molecule has 0 spiro atoms. The van der Waals surface area contributed by atoms with Crippen LogP contribution in [0.25, 0.3) is 0 Å². The summed E-state index contributed by atoms with van der Waals surface area (Å²) in [6.07, 6.45) is 0. The van der Waals surface area contributed by atoms with Crippen molar-refractivity contribution in [2.45, 2.75) is 6.92 Å². The lowest BCUT2D eigenvalue weighted by atomic mass is 10.1. The minimum Gasteiger partial charge on any atom is -0.398 e. The van der Waals surface area contributed by atoms with E-state index in [-0.39, 0.29) is 5.91 Å². The zero-order chi connectivity index (χ0) is 14.0. The van der Waals surface area contributed by atoms with Crippen molar-refractivity contribution < 1.29 is 4.79 Å². The molecule has 2 aromatic carbocycles. The van der Waals surface area contributed by atoms with Crippen LogP contribution in [0.5, 0.6) is 0 Å². The Labute approximate surface area is 121 Å². The van der Waals surface area contributed by atoms with Crippen LogP contribution >= 0.6 is 23.2 Å². The number of hydrogen-bond acceptors (Lipinski definition) is 2. The van der Waals surface area contributed by atoms with E-state index < -0.39 is 0 Å². The maximum absolute atomic E-state index is 12.1. The zero-order valence-electron chi connectivity index (χ0n) is 10.2. The van der Waals surface area contributed by atoms with Gasteiger partial charge < -0.3 is 11.1 Å². The summed E-state index contributed by atoms with van der Waals surface area (Å²) in [6.45, 7) is 1.84. The normalized spacial score (nSPS) is 10.3. The molecule has 0 saturated heterocycles. The summed E-state index contributed by atoms with van der Waals surface area (Å²) in [4.78, 5) is 12.1. The summed E-state index contributed by atoms with van der Waals surface area (Å²) in [7, 11) is 0. The van der Waals surface area contributed by atoms with Crippen LogP contribution in [0.3, 0.4) is 0 Å². The third-order valence-corrected chi connectivity index (χ3v) is 3.19. The summed E-state index contributed by atoms with van der Waals surface area (Å²) in [5, 5.41) is 3.62. The Bertz CT molecular complexity index is 621. The fourth-order valence-corrected chi connectivity index (χ4v) is 2.19. The number of nitrogens with one attached hydrogen (secondary N) is 1. The van der Waals surface area contributed by atoms with Crippen molar-refractivity contribution >= 4 is 40.5 Å². The first kappa shape index (κ1) is 13.7. The van der Waals surface area contributed by atoms with Crippen molar-refractivity contribution in [2.75, 3.05) is 11.1 Å². The van der Waals surface area contributed by atoms with E-state index in [1.54, 1.807) is 36.4 Å². The van der Waals surface area contributed by atoms with Gasteiger partial charge in [-0.05, 0) is 42.8 Å². The molecular weight excluding hydrogens is 283 g/mol. The van der Waals surface area contributed by atoms with Crippen LogP contribution in [-0.2, 0) is 0 Å². The average Bonchev–Trinajstić information content (AvgIpc) is 2.33. The van der Waals surface area contributed by atoms with Crippen LogP contribution in [0.4, 0.5) is 11.4 Å². The molecular formula is C14H12Cl2N2O. The largest absolute Gasteiger partial charge is 0.398 e. The number of anilines is 2. The lowest BCUT2D eigenvalue weighted by Crippen LogP contribution is -2.13. The smallest absolute Gasteiger partial charge is 0.255 e. The lowest BCUT2D eigenvalue weighted by molar-refractivity contribution is 0.102. The molecule has 3 N–H and O–H groups in total. The topological polar surface area (TPSA) is 55.1 Å². The Balaban J connectivity index is 2.28. The standard InChI is InChI=1S/C14H12Cl2N2O/c1-8-12(17)3-2-4-13(8)18-14(19)9-5-10(15)7-11(16)6-9/h2-7H,17H2,1H3,(H,18,19). The Hall–Kier alpha value is -1.71. The maximum atomic E-state index is 12.1. The van der Waals surface area contributed by atoms with Crippen molar-refractivity contribution in [3.8, 4) is 0 Å². The van der Waals surface area contributed by atoms with Crippen LogP contribution < -0.4 is 11.1 Å². The number of nitrogens with two attached hydrogens (primary N) is 1.